The number of hydrogen-bond donors (Lipinski definition) is 1. The highest BCUT2D eigenvalue weighted by Gasteiger charge is 2.57. The maximum Gasteiger partial charge on any atom is 0.328 e. The number of likely N-dealkylation sites (tertiary alicyclic amines) is 1. The van der Waals surface area contributed by atoms with Crippen LogP contribution in [0.4, 0.5) is 0 Å². The maximum atomic E-state index is 12.3. The first-order valence-electron chi connectivity index (χ1n) is 9.50. The predicted molar refractivity (Wildman–Crippen MR) is 111 cm³/mol. The van der Waals surface area contributed by atoms with E-state index >= 15 is 0 Å². The van der Waals surface area contributed by atoms with Crippen LogP contribution in [0.15, 0.2) is 47.8 Å². The highest BCUT2D eigenvalue weighted by atomic mass is 35.5. The lowest BCUT2D eigenvalue weighted by Gasteiger charge is -2.29. The van der Waals surface area contributed by atoms with E-state index in [1.54, 1.807) is 30.4 Å². The summed E-state index contributed by atoms with van der Waals surface area (Å²) in [6.45, 7) is 4.46. The van der Waals surface area contributed by atoms with E-state index in [4.69, 9.17) is 32.8 Å². The first-order chi connectivity index (χ1) is 13.9. The fourth-order valence-corrected chi connectivity index (χ4v) is 5.18. The number of aliphatic hydroxyl groups is 1. The molecule has 1 fully saturated rings. The van der Waals surface area contributed by atoms with Crippen LogP contribution in [0.25, 0.3) is 0 Å². The zero-order valence-electron chi connectivity index (χ0n) is 16.0. The van der Waals surface area contributed by atoms with Gasteiger partial charge in [-0.15, -0.1) is 6.58 Å². The van der Waals surface area contributed by atoms with Gasteiger partial charge < -0.3 is 19.6 Å². The molecule has 0 radical (unpaired) electrons. The van der Waals surface area contributed by atoms with Crippen LogP contribution in [0.3, 0.4) is 0 Å². The number of hydrogen-bond acceptors (Lipinski definition) is 6. The van der Waals surface area contributed by atoms with Crippen molar-refractivity contribution in [2.24, 2.45) is 11.1 Å². The van der Waals surface area contributed by atoms with Crippen LogP contribution in [0, 0.1) is 5.92 Å². The van der Waals surface area contributed by atoms with Gasteiger partial charge in [0.1, 0.15) is 17.4 Å². The molecule has 154 valence electrons. The summed E-state index contributed by atoms with van der Waals surface area (Å²) in [5, 5.41) is 16.7. The molecular weight excluding hydrogens is 415 g/mol. The molecule has 1 N–H and O–H groups in total. The number of carbonyl (C=O) groups is 1. The molecule has 3 aliphatic rings. The fraction of sp³-hybridized carbons (Fsp3) is 0.429. The van der Waals surface area contributed by atoms with Crippen molar-refractivity contribution in [3.63, 3.8) is 0 Å². The van der Waals surface area contributed by atoms with Gasteiger partial charge in [-0.2, -0.15) is 0 Å². The number of nitrogens with zero attached hydrogens (tertiary/aromatic N) is 2. The second-order valence-corrected chi connectivity index (χ2v) is 8.32. The lowest BCUT2D eigenvalue weighted by atomic mass is 9.80. The van der Waals surface area contributed by atoms with Gasteiger partial charge in [0.25, 0.3) is 0 Å². The molecule has 2 heterocycles. The Balaban J connectivity index is 1.74. The average molecular weight is 437 g/mol. The number of rotatable bonds is 5. The van der Waals surface area contributed by atoms with E-state index in [1.165, 1.54) is 7.11 Å². The Morgan fingerprint density at radius 3 is 2.86 bits per heavy atom. The van der Waals surface area contributed by atoms with E-state index in [0.29, 0.717) is 40.7 Å². The lowest BCUT2D eigenvalue weighted by Crippen LogP contribution is -2.43. The summed E-state index contributed by atoms with van der Waals surface area (Å²) in [6, 6.07) is 4.79. The van der Waals surface area contributed by atoms with Crippen LogP contribution in [0.2, 0.25) is 10.0 Å². The van der Waals surface area contributed by atoms with Gasteiger partial charge in [0.2, 0.25) is 0 Å². The van der Waals surface area contributed by atoms with Crippen molar-refractivity contribution < 1.29 is 19.5 Å². The van der Waals surface area contributed by atoms with E-state index in [0.717, 1.165) is 12.1 Å². The molecule has 0 spiro atoms. The first-order valence-corrected chi connectivity index (χ1v) is 10.3. The molecule has 29 heavy (non-hydrogen) atoms. The number of ether oxygens (including phenoxy) is 1. The molecule has 2 aliphatic heterocycles. The topological polar surface area (TPSA) is 71.4 Å². The van der Waals surface area contributed by atoms with E-state index in [2.05, 4.69) is 11.7 Å². The van der Waals surface area contributed by atoms with Crippen molar-refractivity contribution in [2.75, 3.05) is 13.7 Å². The predicted octanol–water partition coefficient (Wildman–Crippen LogP) is 3.55. The van der Waals surface area contributed by atoms with Crippen LogP contribution in [0.1, 0.15) is 24.8 Å². The van der Waals surface area contributed by atoms with E-state index in [-0.39, 0.29) is 5.97 Å². The average Bonchev–Trinajstić information content (AvgIpc) is 3.38. The Morgan fingerprint density at radius 2 is 2.21 bits per heavy atom. The van der Waals surface area contributed by atoms with Gasteiger partial charge in [0.05, 0.1) is 28.8 Å². The van der Waals surface area contributed by atoms with Gasteiger partial charge in [0.15, 0.2) is 6.10 Å². The van der Waals surface area contributed by atoms with Crippen LogP contribution >= 0.6 is 23.2 Å². The number of carbonyl (C=O) groups excluding carboxylic acids is 1. The van der Waals surface area contributed by atoms with Crippen molar-refractivity contribution in [3.8, 4) is 0 Å². The highest BCUT2D eigenvalue weighted by Crippen LogP contribution is 2.48. The largest absolute Gasteiger partial charge is 0.467 e. The zero-order chi connectivity index (χ0) is 20.8. The summed E-state index contributed by atoms with van der Waals surface area (Å²) in [4.78, 5) is 20.0. The van der Waals surface area contributed by atoms with Crippen LogP contribution in [0.5, 0.6) is 0 Å². The summed E-state index contributed by atoms with van der Waals surface area (Å²) in [5.74, 6) is -0.820. The maximum absolute atomic E-state index is 12.3. The summed E-state index contributed by atoms with van der Waals surface area (Å²) < 4.78 is 4.97. The van der Waals surface area contributed by atoms with Crippen molar-refractivity contribution in [1.82, 2.24) is 4.90 Å². The molecule has 0 amide bonds. The lowest BCUT2D eigenvalue weighted by molar-refractivity contribution is -0.145. The zero-order valence-corrected chi connectivity index (χ0v) is 17.5. The molecule has 4 atom stereocenters. The quantitative estimate of drug-likeness (QED) is 0.564. The molecule has 1 unspecified atom stereocenters. The molecule has 1 aliphatic carbocycles. The Labute approximate surface area is 179 Å². The van der Waals surface area contributed by atoms with Gasteiger partial charge in [-0.1, -0.05) is 40.5 Å². The summed E-state index contributed by atoms with van der Waals surface area (Å²) in [7, 11) is 1.38. The standard InChI is InChI=1S/C21H22Cl2N2O4/c1-3-9-21(27)11-15(25-10-5-8-14(25)20(26)28-2)19-17(21)18(24-29-19)16-12(22)6-4-7-13(16)23/h3-4,6-7,11,14,17,19,27H,1,5,8-10H2,2H3/t14?,17-,19-,21+/m1/s1. The Bertz CT molecular complexity index is 896. The third-order valence-electron chi connectivity index (χ3n) is 5.84. The molecule has 0 saturated carbocycles. The second-order valence-electron chi connectivity index (χ2n) is 7.50. The van der Waals surface area contributed by atoms with Crippen LogP contribution in [-0.2, 0) is 14.4 Å². The molecule has 0 bridgehead atoms. The van der Waals surface area contributed by atoms with Crippen molar-refractivity contribution in [2.45, 2.75) is 37.0 Å². The molecule has 4 rings (SSSR count). The molecule has 1 aromatic rings. The first kappa shape index (κ1) is 20.3. The number of fused-ring (bicyclic) bond motifs is 1. The molecule has 8 heteroatoms. The van der Waals surface area contributed by atoms with E-state index < -0.39 is 23.7 Å². The van der Waals surface area contributed by atoms with Gasteiger partial charge in [0, 0.05) is 12.1 Å². The number of benzene rings is 1. The summed E-state index contributed by atoms with van der Waals surface area (Å²) in [6.07, 6.45) is 4.70. The summed E-state index contributed by atoms with van der Waals surface area (Å²) >= 11 is 12.8. The molecule has 0 aromatic heterocycles. The molecule has 1 saturated heterocycles. The van der Waals surface area contributed by atoms with Crippen molar-refractivity contribution in [3.05, 3.63) is 58.2 Å². The van der Waals surface area contributed by atoms with Gasteiger partial charge >= 0.3 is 5.97 Å². The van der Waals surface area contributed by atoms with Crippen molar-refractivity contribution in [1.29, 1.82) is 0 Å². The van der Waals surface area contributed by atoms with Gasteiger partial charge in [-0.05, 0) is 37.5 Å². The number of oxime groups is 1. The van der Waals surface area contributed by atoms with Gasteiger partial charge in [-0.25, -0.2) is 4.79 Å². The monoisotopic (exact) mass is 436 g/mol. The van der Waals surface area contributed by atoms with E-state index in [9.17, 15) is 9.90 Å². The number of halogens is 2. The normalized spacial score (nSPS) is 30.5. The van der Waals surface area contributed by atoms with Crippen LogP contribution < -0.4 is 0 Å². The molecule has 6 nitrogen and oxygen atoms in total. The minimum absolute atomic E-state index is 0.291. The van der Waals surface area contributed by atoms with Crippen molar-refractivity contribution >= 4 is 34.9 Å². The minimum Gasteiger partial charge on any atom is -0.467 e. The highest BCUT2D eigenvalue weighted by molar-refractivity contribution is 6.40. The Kier molecular flexibility index (Phi) is 5.36. The number of esters is 1. The van der Waals surface area contributed by atoms with Gasteiger partial charge in [-0.3, -0.25) is 0 Å². The third kappa shape index (κ3) is 3.23. The smallest absolute Gasteiger partial charge is 0.328 e. The van der Waals surface area contributed by atoms with E-state index in [1.807, 2.05) is 4.90 Å². The fourth-order valence-electron chi connectivity index (χ4n) is 4.59. The summed E-state index contributed by atoms with van der Waals surface area (Å²) in [5.41, 5.74) is 0.485. The minimum atomic E-state index is -1.29. The Hall–Kier alpha value is -2.02. The molecular formula is C21H22Cl2N2O4. The van der Waals surface area contributed by atoms with Crippen LogP contribution in [-0.4, -0.2) is 53.1 Å². The SMILES string of the molecule is C=CC[C@]1(O)C=C(N2CCCC2C(=O)OC)[C@H]2ON=C(c3c(Cl)cccc3Cl)[C@H]21. The molecule has 1 aromatic carbocycles. The number of methoxy groups -OCH3 is 1. The second kappa shape index (κ2) is 7.67. The Morgan fingerprint density at radius 1 is 1.48 bits per heavy atom. The third-order valence-corrected chi connectivity index (χ3v) is 6.47.